The van der Waals surface area contributed by atoms with Gasteiger partial charge in [-0.15, -0.1) is 0 Å². The van der Waals surface area contributed by atoms with Crippen LogP contribution in [0.3, 0.4) is 0 Å². The quantitative estimate of drug-likeness (QED) is 0.258. The first-order valence-electron chi connectivity index (χ1n) is 11.3. The van der Waals surface area contributed by atoms with Crippen LogP contribution in [0.1, 0.15) is 75.6 Å². The van der Waals surface area contributed by atoms with Crippen molar-refractivity contribution >= 4 is 6.29 Å². The molecule has 0 aliphatic carbocycles. The average Bonchev–Trinajstić information content (AvgIpc) is 2.72. The molecule has 0 aliphatic heterocycles. The molecule has 0 spiro atoms. The maximum absolute atomic E-state index is 12.6. The summed E-state index contributed by atoms with van der Waals surface area (Å²) in [6, 6.07) is 14.2. The van der Waals surface area contributed by atoms with Gasteiger partial charge in [0.25, 0.3) is 0 Å². The van der Waals surface area contributed by atoms with Crippen LogP contribution < -0.4 is 0 Å². The third kappa shape index (κ3) is 12.9. The van der Waals surface area contributed by atoms with Crippen molar-refractivity contribution in [1.29, 1.82) is 0 Å². The van der Waals surface area contributed by atoms with Crippen molar-refractivity contribution in [3.05, 3.63) is 95.0 Å². The van der Waals surface area contributed by atoms with Gasteiger partial charge < -0.3 is 4.90 Å². The molecule has 2 rings (SSSR count). The monoisotopic (exact) mass is 439 g/mol. The smallest absolute Gasteiger partial charge is 0.142 e. The van der Waals surface area contributed by atoms with Crippen molar-refractivity contribution in [2.45, 2.75) is 73.3 Å². The van der Waals surface area contributed by atoms with Crippen LogP contribution in [0.25, 0.3) is 0 Å². The second-order valence-electron chi connectivity index (χ2n) is 8.84. The zero-order valence-electron chi connectivity index (χ0n) is 21.4. The molecule has 0 unspecified atom stereocenters. The number of aryl methyl sites for hydroxylation is 2. The molecule has 0 heterocycles. The summed E-state index contributed by atoms with van der Waals surface area (Å²) in [4.78, 5) is 11.9. The molecule has 176 valence electrons. The Morgan fingerprint density at radius 1 is 0.812 bits per heavy atom. The molecule has 2 nitrogen and oxygen atoms in total. The number of hydrogen-bond acceptors (Lipinski definition) is 2. The fourth-order valence-corrected chi connectivity index (χ4v) is 2.71. The first kappa shape index (κ1) is 29.3. The van der Waals surface area contributed by atoms with Crippen LogP contribution in [0.4, 0.5) is 4.39 Å². The average molecular weight is 440 g/mol. The van der Waals surface area contributed by atoms with Crippen LogP contribution in [0.15, 0.2) is 66.9 Å². The lowest BCUT2D eigenvalue weighted by atomic mass is 9.98. The Bertz CT molecular complexity index is 833. The first-order valence-corrected chi connectivity index (χ1v) is 11.3. The Labute approximate surface area is 195 Å². The van der Waals surface area contributed by atoms with Crippen LogP contribution >= 0.6 is 0 Å². The normalized spacial score (nSPS) is 10.9. The number of aldehydes is 1. The van der Waals surface area contributed by atoms with Crippen LogP contribution in [0.2, 0.25) is 0 Å². The summed E-state index contributed by atoms with van der Waals surface area (Å²) in [5, 5.41) is 0. The van der Waals surface area contributed by atoms with Gasteiger partial charge in [0, 0.05) is 13.1 Å². The molecule has 0 atom stereocenters. The zero-order chi connectivity index (χ0) is 24.7. The van der Waals surface area contributed by atoms with E-state index in [4.69, 9.17) is 0 Å². The molecule has 2 aromatic carbocycles. The fourth-order valence-electron chi connectivity index (χ4n) is 2.71. The molecule has 3 heteroatoms. The minimum atomic E-state index is -0.146. The third-order valence-corrected chi connectivity index (χ3v) is 5.03. The van der Waals surface area contributed by atoms with Crippen molar-refractivity contribution in [2.75, 3.05) is 7.05 Å². The van der Waals surface area contributed by atoms with Gasteiger partial charge in [-0.25, -0.2) is 4.39 Å². The van der Waals surface area contributed by atoms with E-state index in [0.717, 1.165) is 11.8 Å². The van der Waals surface area contributed by atoms with Crippen molar-refractivity contribution < 1.29 is 9.18 Å². The molecule has 0 aliphatic rings. The summed E-state index contributed by atoms with van der Waals surface area (Å²) in [5.74, 6) is 0.989. The van der Waals surface area contributed by atoms with Gasteiger partial charge in [-0.2, -0.15) is 0 Å². The number of allylic oxidation sites excluding steroid dienone is 3. The van der Waals surface area contributed by atoms with Crippen LogP contribution in [0, 0.1) is 19.7 Å². The number of rotatable bonds is 6. The van der Waals surface area contributed by atoms with Crippen LogP contribution in [-0.4, -0.2) is 24.3 Å². The number of halogens is 1. The minimum Gasteiger partial charge on any atom is -0.378 e. The molecule has 0 aromatic heterocycles. The molecular weight excluding hydrogens is 397 g/mol. The standard InChI is InChI=1S/C10H13F.C10H14.C9H15NO/c1-7(2)10-5-4-9(11)6-8(10)3;1-8(2)10-6-4-9(3)5-7-10;1-9(2)10(3)7-5-4-6-8-11/h4-7H,1-3H3;4-8H,1-3H3;4-9H,1-3H3/b;;6-4-,7-5-. The molecule has 0 fully saturated rings. The van der Waals surface area contributed by atoms with Crippen LogP contribution in [0.5, 0.6) is 0 Å². The number of carbonyl (C=O) groups is 1. The highest BCUT2D eigenvalue weighted by Crippen LogP contribution is 2.19. The second kappa shape index (κ2) is 16.0. The van der Waals surface area contributed by atoms with E-state index >= 15 is 0 Å². The Morgan fingerprint density at radius 2 is 1.41 bits per heavy atom. The van der Waals surface area contributed by atoms with Crippen molar-refractivity contribution in [1.82, 2.24) is 4.90 Å². The molecule has 0 N–H and O–H groups in total. The van der Waals surface area contributed by atoms with Gasteiger partial charge in [0.05, 0.1) is 0 Å². The predicted octanol–water partition coefficient (Wildman–Crippen LogP) is 7.97. The number of nitrogens with zero attached hydrogens (tertiary/aromatic N) is 1. The molecular formula is C29H42FNO. The van der Waals surface area contributed by atoms with Gasteiger partial charge in [0.15, 0.2) is 0 Å². The zero-order valence-corrected chi connectivity index (χ0v) is 21.4. The highest BCUT2D eigenvalue weighted by Gasteiger charge is 2.02. The Hall–Kier alpha value is -2.68. The van der Waals surface area contributed by atoms with E-state index in [2.05, 4.69) is 77.6 Å². The largest absolute Gasteiger partial charge is 0.378 e. The molecule has 0 radical (unpaired) electrons. The first-order chi connectivity index (χ1) is 15.0. The summed E-state index contributed by atoms with van der Waals surface area (Å²) >= 11 is 0. The highest BCUT2D eigenvalue weighted by molar-refractivity contribution is 5.65. The van der Waals surface area contributed by atoms with Crippen LogP contribution in [-0.2, 0) is 4.79 Å². The fraction of sp³-hybridized carbons (Fsp3) is 0.414. The Balaban J connectivity index is 0.000000451. The Morgan fingerprint density at radius 3 is 1.84 bits per heavy atom. The summed E-state index contributed by atoms with van der Waals surface area (Å²) in [6.45, 7) is 16.9. The third-order valence-electron chi connectivity index (χ3n) is 5.03. The SMILES string of the molecule is CC(C)N(C)/C=C\C=C/C=O.Cc1cc(F)ccc1C(C)C.Cc1ccc(C(C)C)cc1. The number of benzene rings is 2. The van der Waals surface area contributed by atoms with E-state index in [9.17, 15) is 9.18 Å². The summed E-state index contributed by atoms with van der Waals surface area (Å²) in [7, 11) is 2.00. The summed E-state index contributed by atoms with van der Waals surface area (Å²) in [5.41, 5.74) is 5.03. The maximum atomic E-state index is 12.6. The van der Waals surface area contributed by atoms with E-state index < -0.39 is 0 Å². The Kier molecular flexibility index (Phi) is 14.7. The van der Waals surface area contributed by atoms with Gasteiger partial charge in [0.2, 0.25) is 0 Å². The maximum Gasteiger partial charge on any atom is 0.142 e. The van der Waals surface area contributed by atoms with Crippen molar-refractivity contribution in [3.8, 4) is 0 Å². The van der Waals surface area contributed by atoms with Crippen molar-refractivity contribution in [3.63, 3.8) is 0 Å². The number of carbonyl (C=O) groups excluding carboxylic acids is 1. The second-order valence-corrected chi connectivity index (χ2v) is 8.84. The molecule has 0 saturated heterocycles. The number of hydrogen-bond donors (Lipinski definition) is 0. The topological polar surface area (TPSA) is 20.3 Å². The molecule has 32 heavy (non-hydrogen) atoms. The lowest BCUT2D eigenvalue weighted by Crippen LogP contribution is -2.19. The van der Waals surface area contributed by atoms with E-state index in [1.54, 1.807) is 12.1 Å². The summed E-state index contributed by atoms with van der Waals surface area (Å²) in [6.07, 6.45) is 7.72. The minimum absolute atomic E-state index is 0.146. The highest BCUT2D eigenvalue weighted by atomic mass is 19.1. The van der Waals surface area contributed by atoms with Gasteiger partial charge >= 0.3 is 0 Å². The van der Waals surface area contributed by atoms with E-state index in [1.165, 1.54) is 28.8 Å². The predicted molar refractivity (Wildman–Crippen MR) is 138 cm³/mol. The van der Waals surface area contributed by atoms with E-state index in [1.807, 2.05) is 32.3 Å². The molecule has 0 amide bonds. The van der Waals surface area contributed by atoms with E-state index in [0.29, 0.717) is 17.9 Å². The van der Waals surface area contributed by atoms with Gasteiger partial charge in [0.1, 0.15) is 12.1 Å². The van der Waals surface area contributed by atoms with E-state index in [-0.39, 0.29) is 5.82 Å². The molecule has 0 saturated carbocycles. The van der Waals surface area contributed by atoms with Gasteiger partial charge in [-0.3, -0.25) is 4.79 Å². The lowest BCUT2D eigenvalue weighted by Gasteiger charge is -2.17. The van der Waals surface area contributed by atoms with Gasteiger partial charge in [-0.05, 0) is 86.7 Å². The van der Waals surface area contributed by atoms with Crippen molar-refractivity contribution in [2.24, 2.45) is 0 Å². The lowest BCUT2D eigenvalue weighted by molar-refractivity contribution is -0.104. The molecule has 0 bridgehead atoms. The molecule has 2 aromatic rings. The summed E-state index contributed by atoms with van der Waals surface area (Å²) < 4.78 is 12.6. The van der Waals surface area contributed by atoms with Gasteiger partial charge in [-0.1, -0.05) is 69.7 Å².